The summed E-state index contributed by atoms with van der Waals surface area (Å²) in [7, 11) is 1.36. The molecule has 0 spiro atoms. The molecule has 1 unspecified atom stereocenters. The molecule has 242 valence electrons. The maximum Gasteiger partial charge on any atom is 0.262 e. The Morgan fingerprint density at radius 3 is 2.22 bits per heavy atom. The predicted octanol–water partition coefficient (Wildman–Crippen LogP) is 4.30. The molecule has 1 saturated heterocycles. The van der Waals surface area contributed by atoms with Crippen LogP contribution in [0.2, 0.25) is 10.0 Å². The van der Waals surface area contributed by atoms with E-state index in [9.17, 15) is 24.9 Å². The van der Waals surface area contributed by atoms with Gasteiger partial charge in [-0.05, 0) is 25.2 Å². The van der Waals surface area contributed by atoms with Gasteiger partial charge in [0, 0.05) is 41.7 Å². The number of likely N-dealkylation sites (N-methyl/N-ethyl adjacent to an activating group) is 1. The Bertz CT molecular complexity index is 2040. The molecule has 4 N–H and O–H groups in total. The second-order valence-corrected chi connectivity index (χ2v) is 12.5. The molecule has 4 heterocycles. The first kappa shape index (κ1) is 31.3. The molecule has 2 amide bonds. The van der Waals surface area contributed by atoms with E-state index in [2.05, 4.69) is 9.88 Å². The molecule has 13 heteroatoms. The number of aromatic nitrogens is 2. The van der Waals surface area contributed by atoms with E-state index in [0.29, 0.717) is 60.2 Å². The van der Waals surface area contributed by atoms with Gasteiger partial charge in [0.2, 0.25) is 0 Å². The second-order valence-electron chi connectivity index (χ2n) is 11.7. The summed E-state index contributed by atoms with van der Waals surface area (Å²) in [6, 6.07) is 10.6. The average molecular weight is 670 g/mol. The number of hydrogen-bond donors (Lipinski definition) is 4. The van der Waals surface area contributed by atoms with Crippen molar-refractivity contribution in [3.05, 3.63) is 57.6 Å². The van der Waals surface area contributed by atoms with E-state index in [1.165, 1.54) is 12.0 Å². The third-order valence-electron chi connectivity index (χ3n) is 9.56. The zero-order valence-electron chi connectivity index (χ0n) is 25.5. The van der Waals surface area contributed by atoms with Crippen molar-refractivity contribution in [3.8, 4) is 0 Å². The van der Waals surface area contributed by atoms with Crippen molar-refractivity contribution < 1.29 is 34.4 Å². The van der Waals surface area contributed by atoms with Gasteiger partial charge < -0.3 is 39.2 Å². The normalized spacial score (nSPS) is 23.7. The summed E-state index contributed by atoms with van der Waals surface area (Å²) in [6.45, 7) is 5.83. The first-order valence-corrected chi connectivity index (χ1v) is 16.1. The van der Waals surface area contributed by atoms with Crippen LogP contribution in [-0.2, 0) is 9.47 Å². The number of amides is 2. The number of imide groups is 1. The minimum atomic E-state index is -1.53. The van der Waals surface area contributed by atoms with Gasteiger partial charge in [0.25, 0.3) is 11.8 Å². The standard InChI is InChI=1S/C33H34Cl2N4O7/c1-4-37(5-2)12-13-38-31(43)22-20-15-8-6-10-17(34)24(15)36-25(20)27-21(23(22)32(38)44)16-9-7-11-18(35)26(16)39(27)33-29(42)28(41)30(45-3)19(14-40)46-33/h6-11,19,28-30,33,36,40-42H,4-5,12-14H2,1-3H3/t19-,28-,29-,30-,33?/m1/s1. The Hall–Kier alpha value is -3.26. The largest absolute Gasteiger partial charge is 0.394 e. The molecular weight excluding hydrogens is 635 g/mol. The molecule has 2 aliphatic heterocycles. The van der Waals surface area contributed by atoms with Gasteiger partial charge in [-0.3, -0.25) is 14.5 Å². The fourth-order valence-corrected chi connectivity index (χ4v) is 7.78. The molecule has 46 heavy (non-hydrogen) atoms. The average Bonchev–Trinajstić information content (AvgIpc) is 3.68. The van der Waals surface area contributed by atoms with Gasteiger partial charge in [-0.1, -0.05) is 61.3 Å². The van der Waals surface area contributed by atoms with Crippen molar-refractivity contribution in [2.75, 3.05) is 39.9 Å². The summed E-state index contributed by atoms with van der Waals surface area (Å²) >= 11 is 13.6. The third-order valence-corrected chi connectivity index (χ3v) is 10.2. The monoisotopic (exact) mass is 668 g/mol. The number of para-hydroxylation sites is 2. The van der Waals surface area contributed by atoms with Gasteiger partial charge in [0.05, 0.1) is 49.8 Å². The fourth-order valence-electron chi connectivity index (χ4n) is 7.29. The van der Waals surface area contributed by atoms with Gasteiger partial charge in [0.15, 0.2) is 6.23 Å². The van der Waals surface area contributed by atoms with Gasteiger partial charge in [-0.2, -0.15) is 0 Å². The van der Waals surface area contributed by atoms with Crippen LogP contribution in [0.15, 0.2) is 36.4 Å². The Kier molecular flexibility index (Phi) is 8.02. The molecule has 0 aliphatic carbocycles. The number of halogens is 2. The lowest BCUT2D eigenvalue weighted by Gasteiger charge is -2.42. The van der Waals surface area contributed by atoms with E-state index in [0.717, 1.165) is 13.1 Å². The third kappa shape index (κ3) is 4.34. The van der Waals surface area contributed by atoms with Gasteiger partial charge in [0.1, 0.15) is 24.4 Å². The van der Waals surface area contributed by atoms with E-state index in [4.69, 9.17) is 32.7 Å². The van der Waals surface area contributed by atoms with Crippen LogP contribution in [0, 0.1) is 0 Å². The highest BCUT2D eigenvalue weighted by molar-refractivity contribution is 6.43. The lowest BCUT2D eigenvalue weighted by atomic mass is 9.96. The number of ether oxygens (including phenoxy) is 2. The number of hydrogen-bond acceptors (Lipinski definition) is 8. The van der Waals surface area contributed by atoms with Crippen molar-refractivity contribution in [2.45, 2.75) is 44.5 Å². The number of benzene rings is 3. The second kappa shape index (κ2) is 11.8. The van der Waals surface area contributed by atoms with E-state index >= 15 is 0 Å². The number of aliphatic hydroxyl groups excluding tert-OH is 3. The van der Waals surface area contributed by atoms with Crippen LogP contribution in [0.4, 0.5) is 0 Å². The zero-order valence-corrected chi connectivity index (χ0v) is 27.0. The number of aliphatic hydroxyl groups is 3. The summed E-state index contributed by atoms with van der Waals surface area (Å²) in [6.07, 6.45) is -6.23. The molecule has 7 rings (SSSR count). The molecule has 5 aromatic rings. The van der Waals surface area contributed by atoms with Crippen LogP contribution in [0.1, 0.15) is 40.8 Å². The maximum atomic E-state index is 14.4. The summed E-state index contributed by atoms with van der Waals surface area (Å²) in [4.78, 5) is 35.6. The number of carbonyl (C=O) groups excluding carboxylic acids is 2. The molecule has 3 aromatic carbocycles. The number of methoxy groups -OCH3 is 1. The lowest BCUT2D eigenvalue weighted by Crippen LogP contribution is -2.57. The molecule has 11 nitrogen and oxygen atoms in total. The SMILES string of the molecule is CCN(CC)CCN1C(=O)c2c(c3c4cccc(Cl)c4n(C4O[C@H](CO)[C@@H](OC)[C@H](O)[C@H]4O)c3c3[nH]c4c(Cl)cccc4c23)C1=O. The Morgan fingerprint density at radius 2 is 1.57 bits per heavy atom. The topological polar surface area (TPSA) is 140 Å². The van der Waals surface area contributed by atoms with Crippen molar-refractivity contribution in [1.29, 1.82) is 0 Å². The Balaban J connectivity index is 1.61. The summed E-state index contributed by atoms with van der Waals surface area (Å²) in [5.74, 6) is -0.845. The molecule has 0 saturated carbocycles. The summed E-state index contributed by atoms with van der Waals surface area (Å²) < 4.78 is 13.3. The van der Waals surface area contributed by atoms with Crippen LogP contribution in [-0.4, -0.2) is 111 Å². The van der Waals surface area contributed by atoms with Gasteiger partial charge in [-0.25, -0.2) is 0 Å². The zero-order chi connectivity index (χ0) is 32.6. The number of nitrogens with one attached hydrogen (secondary N) is 1. The van der Waals surface area contributed by atoms with Crippen LogP contribution in [0.25, 0.3) is 43.6 Å². The van der Waals surface area contributed by atoms with E-state index in [1.54, 1.807) is 34.9 Å². The number of nitrogens with zero attached hydrogens (tertiary/aromatic N) is 3. The summed E-state index contributed by atoms with van der Waals surface area (Å²) in [5.41, 5.74) is 2.38. The van der Waals surface area contributed by atoms with Crippen LogP contribution < -0.4 is 0 Å². The van der Waals surface area contributed by atoms with Crippen molar-refractivity contribution in [2.24, 2.45) is 0 Å². The molecule has 2 aliphatic rings. The smallest absolute Gasteiger partial charge is 0.262 e. The minimum Gasteiger partial charge on any atom is -0.394 e. The quantitative estimate of drug-likeness (QED) is 0.180. The van der Waals surface area contributed by atoms with Crippen LogP contribution in [0.5, 0.6) is 0 Å². The molecule has 1 fully saturated rings. The predicted molar refractivity (Wildman–Crippen MR) is 176 cm³/mol. The maximum absolute atomic E-state index is 14.4. The molecular formula is C33H34Cl2N4O7. The highest BCUT2D eigenvalue weighted by Gasteiger charge is 2.48. The van der Waals surface area contributed by atoms with Gasteiger partial charge >= 0.3 is 0 Å². The number of fused-ring (bicyclic) bond motifs is 10. The van der Waals surface area contributed by atoms with Crippen molar-refractivity contribution in [3.63, 3.8) is 0 Å². The number of carbonyl (C=O) groups is 2. The van der Waals surface area contributed by atoms with E-state index in [1.807, 2.05) is 19.9 Å². The first-order chi connectivity index (χ1) is 22.2. The molecule has 5 atom stereocenters. The lowest BCUT2D eigenvalue weighted by molar-refractivity contribution is -0.255. The Labute approximate surface area is 273 Å². The minimum absolute atomic E-state index is 0.201. The fraction of sp³-hybridized carbons (Fsp3) is 0.394. The molecule has 0 radical (unpaired) electrons. The first-order valence-electron chi connectivity index (χ1n) is 15.3. The molecule has 2 aromatic heterocycles. The van der Waals surface area contributed by atoms with Crippen LogP contribution in [0.3, 0.4) is 0 Å². The highest BCUT2D eigenvalue weighted by Crippen LogP contribution is 2.49. The van der Waals surface area contributed by atoms with Crippen molar-refractivity contribution >= 4 is 78.6 Å². The van der Waals surface area contributed by atoms with E-state index < -0.39 is 49.1 Å². The van der Waals surface area contributed by atoms with Crippen LogP contribution >= 0.6 is 23.2 Å². The molecule has 0 bridgehead atoms. The Morgan fingerprint density at radius 1 is 0.913 bits per heavy atom. The number of H-pyrrole nitrogens is 1. The van der Waals surface area contributed by atoms with E-state index in [-0.39, 0.29) is 17.7 Å². The van der Waals surface area contributed by atoms with Crippen molar-refractivity contribution in [1.82, 2.24) is 19.4 Å². The summed E-state index contributed by atoms with van der Waals surface area (Å²) in [5, 5.41) is 35.7. The highest BCUT2D eigenvalue weighted by atomic mass is 35.5. The van der Waals surface area contributed by atoms with Gasteiger partial charge in [-0.15, -0.1) is 0 Å². The number of aromatic amines is 1. The number of rotatable bonds is 8.